The molecule has 2 aliphatic rings. The zero-order valence-corrected chi connectivity index (χ0v) is 16.6. The van der Waals surface area contributed by atoms with E-state index in [9.17, 15) is 19.1 Å². The monoisotopic (exact) mass is 418 g/mol. The Labute approximate surface area is 177 Å². The van der Waals surface area contributed by atoms with E-state index in [1.165, 1.54) is 12.3 Å². The topological polar surface area (TPSA) is 79.7 Å². The van der Waals surface area contributed by atoms with Crippen molar-refractivity contribution in [2.45, 2.75) is 6.42 Å². The Bertz CT molecular complexity index is 1220. The van der Waals surface area contributed by atoms with Crippen LogP contribution in [-0.4, -0.2) is 53.2 Å². The average molecular weight is 418 g/mol. The standard InChI is InChI=1S/C24H19FN2O4/c25-20-4-2-1-3-17(20)19-13-26-22(24(29)30)18-12-15-11-14(5-6-16(15)21(18)19)23(28)27-7-9-31-10-8-27/h1-6,11,13H,7-10,12H2,(H,29,30). The van der Waals surface area contributed by atoms with Gasteiger partial charge in [-0.1, -0.05) is 24.3 Å². The summed E-state index contributed by atoms with van der Waals surface area (Å²) in [6.07, 6.45) is 1.74. The molecule has 0 atom stereocenters. The number of halogens is 1. The molecule has 0 radical (unpaired) electrons. The van der Waals surface area contributed by atoms with E-state index in [0.29, 0.717) is 60.5 Å². The summed E-state index contributed by atoms with van der Waals surface area (Å²) < 4.78 is 19.9. The fraction of sp³-hybridized carbons (Fsp3) is 0.208. The van der Waals surface area contributed by atoms with Crippen LogP contribution in [0, 0.1) is 5.82 Å². The summed E-state index contributed by atoms with van der Waals surface area (Å²) in [4.78, 5) is 30.6. The van der Waals surface area contributed by atoms with E-state index in [1.54, 1.807) is 29.2 Å². The second-order valence-electron chi connectivity index (χ2n) is 7.61. The van der Waals surface area contributed by atoms with Gasteiger partial charge >= 0.3 is 5.97 Å². The molecular formula is C24H19FN2O4. The molecule has 1 aliphatic heterocycles. The molecule has 1 aliphatic carbocycles. The number of hydrogen-bond donors (Lipinski definition) is 1. The Morgan fingerprint density at radius 3 is 2.55 bits per heavy atom. The van der Waals surface area contributed by atoms with E-state index >= 15 is 0 Å². The lowest BCUT2D eigenvalue weighted by atomic mass is 9.94. The molecule has 31 heavy (non-hydrogen) atoms. The SMILES string of the molecule is O=C(O)c1ncc(-c2ccccc2F)c2c1Cc1cc(C(=O)N3CCOCC3)ccc1-2. The number of morpholine rings is 1. The number of ether oxygens (including phenoxy) is 1. The van der Waals surface area contributed by atoms with Crippen LogP contribution in [0.15, 0.2) is 48.7 Å². The molecule has 1 amide bonds. The molecular weight excluding hydrogens is 399 g/mol. The van der Waals surface area contributed by atoms with Gasteiger partial charge in [-0.3, -0.25) is 4.79 Å². The summed E-state index contributed by atoms with van der Waals surface area (Å²) in [6.45, 7) is 2.12. The summed E-state index contributed by atoms with van der Waals surface area (Å²) in [6, 6.07) is 11.7. The number of carbonyl (C=O) groups is 2. The number of fused-ring (bicyclic) bond motifs is 3. The van der Waals surface area contributed by atoms with Gasteiger partial charge in [-0.2, -0.15) is 0 Å². The number of aromatic carboxylic acids is 1. The minimum absolute atomic E-state index is 0.0488. The lowest BCUT2D eigenvalue weighted by Gasteiger charge is -2.27. The average Bonchev–Trinajstić information content (AvgIpc) is 3.17. The molecule has 5 rings (SSSR count). The van der Waals surface area contributed by atoms with Gasteiger partial charge in [0.05, 0.1) is 13.2 Å². The highest BCUT2D eigenvalue weighted by Crippen LogP contribution is 2.44. The van der Waals surface area contributed by atoms with E-state index in [2.05, 4.69) is 4.98 Å². The minimum atomic E-state index is -1.13. The molecule has 0 unspecified atom stereocenters. The van der Waals surface area contributed by atoms with E-state index in [-0.39, 0.29) is 11.6 Å². The van der Waals surface area contributed by atoms with E-state index in [0.717, 1.165) is 11.1 Å². The Kier molecular flexibility index (Phi) is 4.75. The molecule has 7 heteroatoms. The van der Waals surface area contributed by atoms with Crippen molar-refractivity contribution in [3.63, 3.8) is 0 Å². The second-order valence-corrected chi connectivity index (χ2v) is 7.61. The second kappa shape index (κ2) is 7.59. The zero-order chi connectivity index (χ0) is 21.5. The first-order valence-electron chi connectivity index (χ1n) is 10.0. The van der Waals surface area contributed by atoms with Crippen molar-refractivity contribution in [1.29, 1.82) is 0 Å². The maximum atomic E-state index is 14.6. The summed E-state index contributed by atoms with van der Waals surface area (Å²) in [5, 5.41) is 9.65. The third kappa shape index (κ3) is 3.27. The molecule has 3 aromatic rings. The predicted octanol–water partition coefficient (Wildman–Crippen LogP) is 3.63. The molecule has 156 valence electrons. The highest BCUT2D eigenvalue weighted by atomic mass is 19.1. The number of aromatic nitrogens is 1. The van der Waals surface area contributed by atoms with Crippen molar-refractivity contribution < 1.29 is 23.8 Å². The molecule has 1 saturated heterocycles. The maximum absolute atomic E-state index is 14.6. The summed E-state index contributed by atoms with van der Waals surface area (Å²) in [5.74, 6) is -1.61. The van der Waals surface area contributed by atoms with Crippen LogP contribution in [0.1, 0.15) is 32.0 Å². The molecule has 0 bridgehead atoms. The largest absolute Gasteiger partial charge is 0.477 e. The molecule has 1 aromatic heterocycles. The molecule has 2 aromatic carbocycles. The van der Waals surface area contributed by atoms with Crippen LogP contribution in [0.2, 0.25) is 0 Å². The van der Waals surface area contributed by atoms with Crippen molar-refractivity contribution in [1.82, 2.24) is 9.88 Å². The fourth-order valence-corrected chi connectivity index (χ4v) is 4.36. The van der Waals surface area contributed by atoms with Crippen LogP contribution in [0.5, 0.6) is 0 Å². The van der Waals surface area contributed by atoms with Crippen molar-refractivity contribution in [2.75, 3.05) is 26.3 Å². The van der Waals surface area contributed by atoms with Gasteiger partial charge < -0.3 is 14.7 Å². The fourth-order valence-electron chi connectivity index (χ4n) is 4.36. The van der Waals surface area contributed by atoms with Gasteiger partial charge in [0.25, 0.3) is 5.91 Å². The molecule has 6 nitrogen and oxygen atoms in total. The van der Waals surface area contributed by atoms with Gasteiger partial charge in [0, 0.05) is 42.4 Å². The first-order valence-corrected chi connectivity index (χ1v) is 10.0. The Morgan fingerprint density at radius 1 is 1.03 bits per heavy atom. The lowest BCUT2D eigenvalue weighted by molar-refractivity contribution is 0.0303. The number of benzene rings is 2. The normalized spacial score (nSPS) is 14.8. The van der Waals surface area contributed by atoms with Crippen LogP contribution in [-0.2, 0) is 11.2 Å². The number of carboxylic acid groups (broad SMARTS) is 1. The van der Waals surface area contributed by atoms with Crippen LogP contribution >= 0.6 is 0 Å². The Hall–Kier alpha value is -3.58. The highest BCUT2D eigenvalue weighted by Gasteiger charge is 2.30. The maximum Gasteiger partial charge on any atom is 0.354 e. The first-order chi connectivity index (χ1) is 15.0. The Balaban J connectivity index is 1.62. The number of rotatable bonds is 3. The van der Waals surface area contributed by atoms with Crippen LogP contribution in [0.3, 0.4) is 0 Å². The third-order valence-electron chi connectivity index (χ3n) is 5.83. The third-order valence-corrected chi connectivity index (χ3v) is 5.83. The summed E-state index contributed by atoms with van der Waals surface area (Å²) >= 11 is 0. The van der Waals surface area contributed by atoms with Crippen molar-refractivity contribution in [2.24, 2.45) is 0 Å². The van der Waals surface area contributed by atoms with Crippen molar-refractivity contribution >= 4 is 11.9 Å². The number of pyridine rings is 1. The Morgan fingerprint density at radius 2 is 1.81 bits per heavy atom. The number of hydrogen-bond acceptors (Lipinski definition) is 4. The molecule has 2 heterocycles. The van der Waals surface area contributed by atoms with Gasteiger partial charge in [0.1, 0.15) is 5.82 Å². The summed E-state index contributed by atoms with van der Waals surface area (Å²) in [7, 11) is 0. The first kappa shape index (κ1) is 19.4. The lowest BCUT2D eigenvalue weighted by Crippen LogP contribution is -2.40. The number of carboxylic acids is 1. The molecule has 0 saturated carbocycles. The summed E-state index contributed by atoms with van der Waals surface area (Å²) in [5.41, 5.74) is 4.25. The number of carbonyl (C=O) groups excluding carboxylic acids is 1. The molecule has 0 spiro atoms. The molecule has 1 N–H and O–H groups in total. The van der Waals surface area contributed by atoms with Gasteiger partial charge in [-0.05, 0) is 40.5 Å². The zero-order valence-electron chi connectivity index (χ0n) is 16.6. The van der Waals surface area contributed by atoms with Gasteiger partial charge in [0.15, 0.2) is 5.69 Å². The van der Waals surface area contributed by atoms with Crippen molar-refractivity contribution in [3.8, 4) is 22.3 Å². The quantitative estimate of drug-likeness (QED) is 0.550. The van der Waals surface area contributed by atoms with Gasteiger partial charge in [0.2, 0.25) is 0 Å². The molecule has 1 fully saturated rings. The van der Waals surface area contributed by atoms with Crippen LogP contribution < -0.4 is 0 Å². The van der Waals surface area contributed by atoms with Gasteiger partial charge in [-0.25, -0.2) is 14.2 Å². The van der Waals surface area contributed by atoms with Crippen LogP contribution in [0.4, 0.5) is 4.39 Å². The number of nitrogens with zero attached hydrogens (tertiary/aromatic N) is 2. The highest BCUT2D eigenvalue weighted by molar-refractivity contribution is 6.00. The minimum Gasteiger partial charge on any atom is -0.477 e. The van der Waals surface area contributed by atoms with E-state index in [4.69, 9.17) is 4.74 Å². The smallest absolute Gasteiger partial charge is 0.354 e. The van der Waals surface area contributed by atoms with E-state index < -0.39 is 11.8 Å². The van der Waals surface area contributed by atoms with Gasteiger partial charge in [-0.15, -0.1) is 0 Å². The predicted molar refractivity (Wildman–Crippen MR) is 112 cm³/mol. The number of amides is 1. The van der Waals surface area contributed by atoms with Crippen molar-refractivity contribution in [3.05, 3.63) is 76.9 Å². The van der Waals surface area contributed by atoms with E-state index in [1.807, 2.05) is 12.1 Å². The van der Waals surface area contributed by atoms with Crippen LogP contribution in [0.25, 0.3) is 22.3 Å².